The number of nitrogens with one attached hydrogen (secondary N) is 1. The third-order valence-corrected chi connectivity index (χ3v) is 5.31. The van der Waals surface area contributed by atoms with Crippen molar-refractivity contribution in [2.75, 3.05) is 18.5 Å². The van der Waals surface area contributed by atoms with E-state index in [1.54, 1.807) is 11.3 Å². The molecule has 2 aromatic rings. The molecule has 1 aliphatic heterocycles. The first-order valence-electron chi connectivity index (χ1n) is 7.56. The van der Waals surface area contributed by atoms with Crippen molar-refractivity contribution >= 4 is 45.6 Å². The molecule has 0 unspecified atom stereocenters. The lowest BCUT2D eigenvalue weighted by Gasteiger charge is -2.31. The summed E-state index contributed by atoms with van der Waals surface area (Å²) in [5, 5.41) is 4.05. The molecule has 23 heavy (non-hydrogen) atoms. The Morgan fingerprint density at radius 3 is 2.74 bits per heavy atom. The molecule has 0 saturated carbocycles. The van der Waals surface area contributed by atoms with Crippen LogP contribution in [0.2, 0.25) is 0 Å². The zero-order valence-corrected chi connectivity index (χ0v) is 14.9. The molecule has 2 heterocycles. The number of anilines is 1. The van der Waals surface area contributed by atoms with Crippen LogP contribution in [0, 0.1) is 0 Å². The summed E-state index contributed by atoms with van der Waals surface area (Å²) < 4.78 is 6.36. The molecule has 0 radical (unpaired) electrons. The average molecular weight is 356 g/mol. The Balaban J connectivity index is 0.00000192. The van der Waals surface area contributed by atoms with Crippen LogP contribution in [0.25, 0.3) is 10.2 Å². The minimum absolute atomic E-state index is 0. The van der Waals surface area contributed by atoms with Gasteiger partial charge in [0.1, 0.15) is 5.54 Å². The average Bonchev–Trinajstić information content (AvgIpc) is 2.91. The van der Waals surface area contributed by atoms with E-state index in [-0.39, 0.29) is 18.3 Å². The molecule has 3 rings (SSSR count). The smallest absolute Gasteiger partial charge is 0.244 e. The number of carbonyl (C=O) groups is 1. The van der Waals surface area contributed by atoms with Gasteiger partial charge < -0.3 is 15.8 Å². The Morgan fingerprint density at radius 1 is 1.39 bits per heavy atom. The lowest BCUT2D eigenvalue weighted by Crippen LogP contribution is -2.54. The van der Waals surface area contributed by atoms with Crippen LogP contribution in [0.3, 0.4) is 0 Å². The van der Waals surface area contributed by atoms with Crippen molar-refractivity contribution < 1.29 is 9.53 Å². The first kappa shape index (κ1) is 18.1. The van der Waals surface area contributed by atoms with Gasteiger partial charge in [-0.1, -0.05) is 13.8 Å². The molecule has 126 valence electrons. The summed E-state index contributed by atoms with van der Waals surface area (Å²) >= 11 is 1.67. The second kappa shape index (κ2) is 7.13. The predicted molar refractivity (Wildman–Crippen MR) is 96.6 cm³/mol. The van der Waals surface area contributed by atoms with Crippen LogP contribution in [-0.2, 0) is 9.53 Å². The van der Waals surface area contributed by atoms with Crippen molar-refractivity contribution in [3.8, 4) is 0 Å². The summed E-state index contributed by atoms with van der Waals surface area (Å²) in [7, 11) is 0. The highest BCUT2D eigenvalue weighted by Gasteiger charge is 2.35. The Kier molecular flexibility index (Phi) is 5.62. The third kappa shape index (κ3) is 3.83. The van der Waals surface area contributed by atoms with Gasteiger partial charge in [0.25, 0.3) is 0 Å². The van der Waals surface area contributed by atoms with Crippen molar-refractivity contribution in [1.82, 2.24) is 4.98 Å². The van der Waals surface area contributed by atoms with Gasteiger partial charge in [0.2, 0.25) is 5.91 Å². The molecule has 1 fully saturated rings. The summed E-state index contributed by atoms with van der Waals surface area (Å²) in [6.07, 6.45) is 1.11. The van der Waals surface area contributed by atoms with E-state index in [0.717, 1.165) is 20.9 Å². The van der Waals surface area contributed by atoms with Crippen LogP contribution >= 0.6 is 23.7 Å². The minimum atomic E-state index is -0.829. The zero-order valence-electron chi connectivity index (χ0n) is 13.3. The monoisotopic (exact) mass is 355 g/mol. The SMILES string of the molecule is CC(C)c1nc2ccc(NC(=O)C3(N)CCOCC3)cc2s1.Cl. The first-order valence-corrected chi connectivity index (χ1v) is 8.38. The van der Waals surface area contributed by atoms with Gasteiger partial charge in [0.15, 0.2) is 0 Å². The van der Waals surface area contributed by atoms with E-state index in [1.165, 1.54) is 0 Å². The van der Waals surface area contributed by atoms with Gasteiger partial charge in [-0.2, -0.15) is 0 Å². The molecule has 0 bridgehead atoms. The number of carbonyl (C=O) groups excluding carboxylic acids is 1. The summed E-state index contributed by atoms with van der Waals surface area (Å²) in [5.41, 5.74) is 7.12. The first-order chi connectivity index (χ1) is 10.5. The van der Waals surface area contributed by atoms with Crippen LogP contribution in [0.15, 0.2) is 18.2 Å². The Labute approximate surface area is 146 Å². The molecule has 0 aliphatic carbocycles. The van der Waals surface area contributed by atoms with Gasteiger partial charge in [-0.05, 0) is 31.0 Å². The molecule has 3 N–H and O–H groups in total. The molecule has 7 heteroatoms. The topological polar surface area (TPSA) is 77.2 Å². The summed E-state index contributed by atoms with van der Waals surface area (Å²) in [6.45, 7) is 5.33. The molecule has 0 spiro atoms. The number of ether oxygens (including phenoxy) is 1. The van der Waals surface area contributed by atoms with Gasteiger partial charge in [-0.25, -0.2) is 4.98 Å². The molecule has 1 aromatic heterocycles. The normalized spacial score (nSPS) is 17.0. The number of fused-ring (bicyclic) bond motifs is 1. The Morgan fingerprint density at radius 2 is 2.09 bits per heavy atom. The number of nitrogens with zero attached hydrogens (tertiary/aromatic N) is 1. The summed E-state index contributed by atoms with van der Waals surface area (Å²) in [5.74, 6) is 0.272. The van der Waals surface area contributed by atoms with E-state index in [2.05, 4.69) is 24.1 Å². The third-order valence-electron chi connectivity index (χ3n) is 3.99. The largest absolute Gasteiger partial charge is 0.381 e. The number of hydrogen-bond acceptors (Lipinski definition) is 5. The van der Waals surface area contributed by atoms with Crippen LogP contribution in [-0.4, -0.2) is 29.6 Å². The number of thiazole rings is 1. The van der Waals surface area contributed by atoms with Crippen molar-refractivity contribution in [1.29, 1.82) is 0 Å². The lowest BCUT2D eigenvalue weighted by atomic mass is 9.90. The highest BCUT2D eigenvalue weighted by Crippen LogP contribution is 2.29. The van der Waals surface area contributed by atoms with E-state index in [1.807, 2.05) is 18.2 Å². The van der Waals surface area contributed by atoms with Crippen LogP contribution in [0.4, 0.5) is 5.69 Å². The number of hydrogen-bond donors (Lipinski definition) is 2. The molecule has 1 aliphatic rings. The number of nitrogens with two attached hydrogens (primary N) is 1. The maximum atomic E-state index is 12.4. The molecular formula is C16H22ClN3O2S. The lowest BCUT2D eigenvalue weighted by molar-refractivity contribution is -0.124. The second-order valence-corrected chi connectivity index (χ2v) is 7.17. The summed E-state index contributed by atoms with van der Waals surface area (Å²) in [6, 6.07) is 5.80. The second-order valence-electron chi connectivity index (χ2n) is 6.11. The van der Waals surface area contributed by atoms with Crippen LogP contribution in [0.5, 0.6) is 0 Å². The standard InChI is InChI=1S/C16H21N3O2S.ClH/c1-10(2)14-19-12-4-3-11(9-13(12)22-14)18-15(20)16(17)5-7-21-8-6-16;/h3-4,9-10H,5-8,17H2,1-2H3,(H,18,20);1H. The maximum Gasteiger partial charge on any atom is 0.244 e. The van der Waals surface area contributed by atoms with Crippen molar-refractivity contribution in [3.05, 3.63) is 23.2 Å². The van der Waals surface area contributed by atoms with Gasteiger partial charge >= 0.3 is 0 Å². The molecule has 1 amide bonds. The Hall–Kier alpha value is -1.21. The molecule has 5 nitrogen and oxygen atoms in total. The van der Waals surface area contributed by atoms with Gasteiger partial charge in [-0.15, -0.1) is 23.7 Å². The van der Waals surface area contributed by atoms with E-state index in [0.29, 0.717) is 32.0 Å². The number of aromatic nitrogens is 1. The zero-order chi connectivity index (χ0) is 15.7. The van der Waals surface area contributed by atoms with E-state index >= 15 is 0 Å². The van der Waals surface area contributed by atoms with Crippen molar-refractivity contribution in [2.24, 2.45) is 5.73 Å². The number of benzene rings is 1. The quantitative estimate of drug-likeness (QED) is 0.885. The van der Waals surface area contributed by atoms with Crippen LogP contribution in [0.1, 0.15) is 37.6 Å². The molecule has 1 aromatic carbocycles. The number of amides is 1. The van der Waals surface area contributed by atoms with Gasteiger partial charge in [0.05, 0.1) is 15.2 Å². The predicted octanol–water partition coefficient (Wildman–Crippen LogP) is 3.29. The maximum absolute atomic E-state index is 12.4. The number of rotatable bonds is 3. The highest BCUT2D eigenvalue weighted by molar-refractivity contribution is 7.18. The highest BCUT2D eigenvalue weighted by atomic mass is 35.5. The van der Waals surface area contributed by atoms with Crippen LogP contribution < -0.4 is 11.1 Å². The fourth-order valence-corrected chi connectivity index (χ4v) is 3.49. The van der Waals surface area contributed by atoms with E-state index in [4.69, 9.17) is 10.5 Å². The van der Waals surface area contributed by atoms with E-state index < -0.39 is 5.54 Å². The minimum Gasteiger partial charge on any atom is -0.381 e. The molecular weight excluding hydrogens is 334 g/mol. The number of halogens is 1. The summed E-state index contributed by atoms with van der Waals surface area (Å²) in [4.78, 5) is 17.0. The van der Waals surface area contributed by atoms with Gasteiger partial charge in [0, 0.05) is 24.8 Å². The van der Waals surface area contributed by atoms with Crippen molar-refractivity contribution in [2.45, 2.75) is 38.1 Å². The fourth-order valence-electron chi connectivity index (χ4n) is 2.49. The van der Waals surface area contributed by atoms with E-state index in [9.17, 15) is 4.79 Å². The van der Waals surface area contributed by atoms with Gasteiger partial charge in [-0.3, -0.25) is 4.79 Å². The van der Waals surface area contributed by atoms with Crippen molar-refractivity contribution in [3.63, 3.8) is 0 Å². The fraction of sp³-hybridized carbons (Fsp3) is 0.500. The Bertz CT molecular complexity index is 696. The molecule has 1 saturated heterocycles. The molecule has 0 atom stereocenters.